The van der Waals surface area contributed by atoms with Crippen LogP contribution in [0.5, 0.6) is 5.75 Å². The molecule has 1 unspecified atom stereocenters. The summed E-state index contributed by atoms with van der Waals surface area (Å²) in [4.78, 5) is 2.32. The van der Waals surface area contributed by atoms with Crippen LogP contribution in [0.2, 0.25) is 0 Å². The Morgan fingerprint density at radius 3 is 2.32 bits per heavy atom. The number of sulfonamides is 1. The summed E-state index contributed by atoms with van der Waals surface area (Å²) in [5, 5.41) is 12.1. The maximum Gasteiger partial charge on any atom is 0.243 e. The van der Waals surface area contributed by atoms with Crippen LogP contribution in [0, 0.1) is 5.82 Å². The van der Waals surface area contributed by atoms with Gasteiger partial charge in [-0.05, 0) is 47.2 Å². The van der Waals surface area contributed by atoms with Crippen molar-refractivity contribution in [1.29, 1.82) is 0 Å². The van der Waals surface area contributed by atoms with Gasteiger partial charge in [-0.2, -0.15) is 4.31 Å². The number of β-amino-alcohol motifs (C(OH)–C–C–N with tert-alkyl or cyclic N) is 1. The summed E-state index contributed by atoms with van der Waals surface area (Å²) < 4.78 is 46.0. The van der Waals surface area contributed by atoms with Gasteiger partial charge in [-0.25, -0.2) is 12.8 Å². The minimum absolute atomic E-state index is 0.0846. The largest absolute Gasteiger partial charge is 0.491 e. The second-order valence-corrected chi connectivity index (χ2v) is 9.57. The summed E-state index contributed by atoms with van der Waals surface area (Å²) in [7, 11) is -3.57. The molecule has 1 heterocycles. The molecule has 0 saturated carbocycles. The molecule has 3 aromatic rings. The lowest BCUT2D eigenvalue weighted by Crippen LogP contribution is -2.50. The highest BCUT2D eigenvalue weighted by atomic mass is 32.2. The van der Waals surface area contributed by atoms with Crippen LogP contribution in [0.15, 0.2) is 71.6 Å². The van der Waals surface area contributed by atoms with E-state index in [2.05, 4.69) is 0 Å². The van der Waals surface area contributed by atoms with Gasteiger partial charge in [0.15, 0.2) is 0 Å². The molecule has 1 fully saturated rings. The monoisotopic (exact) mass is 444 g/mol. The average molecular weight is 445 g/mol. The molecule has 4 rings (SSSR count). The van der Waals surface area contributed by atoms with Crippen LogP contribution in [0.25, 0.3) is 10.8 Å². The Kier molecular flexibility index (Phi) is 6.52. The zero-order valence-corrected chi connectivity index (χ0v) is 17.8. The summed E-state index contributed by atoms with van der Waals surface area (Å²) in [5.74, 6) is 0.149. The van der Waals surface area contributed by atoms with E-state index in [4.69, 9.17) is 4.74 Å². The van der Waals surface area contributed by atoms with Crippen molar-refractivity contribution in [3.8, 4) is 5.75 Å². The van der Waals surface area contributed by atoms with Gasteiger partial charge in [0.05, 0.1) is 4.90 Å². The van der Waals surface area contributed by atoms with Crippen LogP contribution in [0.4, 0.5) is 4.39 Å². The number of hydrogen-bond donors (Lipinski definition) is 1. The van der Waals surface area contributed by atoms with Crippen molar-refractivity contribution < 1.29 is 22.7 Å². The Morgan fingerprint density at radius 2 is 1.61 bits per heavy atom. The number of aliphatic hydroxyl groups excluding tert-OH is 1. The topological polar surface area (TPSA) is 70.1 Å². The number of aliphatic hydroxyl groups is 1. The smallest absolute Gasteiger partial charge is 0.243 e. The fourth-order valence-electron chi connectivity index (χ4n) is 3.70. The van der Waals surface area contributed by atoms with Crippen molar-refractivity contribution in [2.45, 2.75) is 11.0 Å². The highest BCUT2D eigenvalue weighted by Crippen LogP contribution is 2.23. The first-order valence-electron chi connectivity index (χ1n) is 10.2. The number of fused-ring (bicyclic) bond motifs is 1. The van der Waals surface area contributed by atoms with Gasteiger partial charge in [0, 0.05) is 32.7 Å². The predicted octanol–water partition coefficient (Wildman–Crippen LogP) is 2.73. The molecule has 0 aromatic heterocycles. The number of nitrogens with zero attached hydrogens (tertiary/aromatic N) is 2. The van der Waals surface area contributed by atoms with Gasteiger partial charge in [-0.1, -0.05) is 30.3 Å². The van der Waals surface area contributed by atoms with Gasteiger partial charge in [0.25, 0.3) is 0 Å². The van der Waals surface area contributed by atoms with E-state index in [-0.39, 0.29) is 12.4 Å². The van der Waals surface area contributed by atoms with E-state index in [0.717, 1.165) is 10.8 Å². The number of halogens is 1. The number of benzene rings is 3. The van der Waals surface area contributed by atoms with E-state index < -0.39 is 16.1 Å². The molecule has 8 heteroatoms. The van der Waals surface area contributed by atoms with Crippen molar-refractivity contribution in [3.05, 3.63) is 72.5 Å². The number of piperazine rings is 1. The molecule has 6 nitrogen and oxygen atoms in total. The van der Waals surface area contributed by atoms with Crippen molar-refractivity contribution in [1.82, 2.24) is 9.21 Å². The van der Waals surface area contributed by atoms with E-state index in [0.29, 0.717) is 43.4 Å². The van der Waals surface area contributed by atoms with Gasteiger partial charge in [-0.15, -0.1) is 0 Å². The summed E-state index contributed by atoms with van der Waals surface area (Å²) >= 11 is 0. The van der Waals surface area contributed by atoms with Gasteiger partial charge in [0.2, 0.25) is 10.0 Å². The molecule has 1 saturated heterocycles. The Morgan fingerprint density at radius 1 is 0.935 bits per heavy atom. The van der Waals surface area contributed by atoms with Gasteiger partial charge >= 0.3 is 0 Å². The van der Waals surface area contributed by atoms with Crippen LogP contribution < -0.4 is 4.74 Å². The van der Waals surface area contributed by atoms with E-state index in [1.807, 2.05) is 35.2 Å². The zero-order chi connectivity index (χ0) is 21.8. The van der Waals surface area contributed by atoms with E-state index >= 15 is 0 Å². The normalized spacial score (nSPS) is 17.0. The fourth-order valence-corrected chi connectivity index (χ4v) is 5.16. The highest BCUT2D eigenvalue weighted by molar-refractivity contribution is 7.89. The predicted molar refractivity (Wildman–Crippen MR) is 117 cm³/mol. The molecule has 1 aliphatic rings. The average Bonchev–Trinajstić information content (AvgIpc) is 2.79. The molecular weight excluding hydrogens is 419 g/mol. The molecule has 0 spiro atoms. The molecule has 1 atom stereocenters. The molecule has 1 N–H and O–H groups in total. The molecular formula is C23H25FN2O4S. The number of ether oxygens (including phenoxy) is 1. The minimum atomic E-state index is -3.57. The van der Waals surface area contributed by atoms with Gasteiger partial charge in [-0.3, -0.25) is 4.90 Å². The molecule has 1 aliphatic heterocycles. The van der Waals surface area contributed by atoms with E-state index in [1.165, 1.54) is 28.6 Å². The maximum atomic E-state index is 13.1. The fraction of sp³-hybridized carbons (Fsp3) is 0.304. The Labute approximate surface area is 181 Å². The van der Waals surface area contributed by atoms with Gasteiger partial charge in [0.1, 0.15) is 24.3 Å². The van der Waals surface area contributed by atoms with Crippen LogP contribution in [0.1, 0.15) is 0 Å². The van der Waals surface area contributed by atoms with Crippen LogP contribution in [0.3, 0.4) is 0 Å². The molecule has 3 aromatic carbocycles. The van der Waals surface area contributed by atoms with Crippen molar-refractivity contribution >= 4 is 20.8 Å². The summed E-state index contributed by atoms with van der Waals surface area (Å²) in [6, 6.07) is 18.5. The Hall–Kier alpha value is -2.52. The number of hydrogen-bond acceptors (Lipinski definition) is 5. The molecule has 0 aliphatic carbocycles. The lowest BCUT2D eigenvalue weighted by atomic mass is 10.1. The Balaban J connectivity index is 1.30. The third-order valence-corrected chi connectivity index (χ3v) is 7.31. The van der Waals surface area contributed by atoms with Crippen molar-refractivity contribution in [2.24, 2.45) is 0 Å². The minimum Gasteiger partial charge on any atom is -0.491 e. The van der Waals surface area contributed by atoms with E-state index in [1.54, 1.807) is 12.1 Å². The third-order valence-electron chi connectivity index (χ3n) is 5.41. The molecule has 0 radical (unpaired) electrons. The maximum absolute atomic E-state index is 13.1. The summed E-state index contributed by atoms with van der Waals surface area (Å²) in [5.41, 5.74) is 0. The molecule has 0 amide bonds. The summed E-state index contributed by atoms with van der Waals surface area (Å²) in [6.45, 7) is 2.24. The third kappa shape index (κ3) is 5.22. The Bertz CT molecular complexity index is 1130. The van der Waals surface area contributed by atoms with Crippen LogP contribution in [-0.4, -0.2) is 68.2 Å². The lowest BCUT2D eigenvalue weighted by molar-refractivity contribution is 0.0569. The zero-order valence-electron chi connectivity index (χ0n) is 17.0. The second-order valence-electron chi connectivity index (χ2n) is 7.63. The van der Waals surface area contributed by atoms with Crippen molar-refractivity contribution in [2.75, 3.05) is 39.3 Å². The van der Waals surface area contributed by atoms with Crippen LogP contribution >= 0.6 is 0 Å². The number of rotatable bonds is 7. The van der Waals surface area contributed by atoms with Crippen LogP contribution in [-0.2, 0) is 10.0 Å². The first-order valence-corrected chi connectivity index (χ1v) is 11.6. The molecule has 31 heavy (non-hydrogen) atoms. The standard InChI is InChI=1S/C23H25FN2O4S/c24-20-6-8-22(9-7-20)30-17-21(27)16-25-11-13-26(14-12-25)31(28,29)23-10-5-18-3-1-2-4-19(18)15-23/h1-10,15,21,27H,11-14,16-17H2. The van der Waals surface area contributed by atoms with E-state index in [9.17, 15) is 17.9 Å². The second kappa shape index (κ2) is 9.32. The van der Waals surface area contributed by atoms with Crippen molar-refractivity contribution in [3.63, 3.8) is 0 Å². The van der Waals surface area contributed by atoms with Gasteiger partial charge < -0.3 is 9.84 Å². The highest BCUT2D eigenvalue weighted by Gasteiger charge is 2.29. The first kappa shape index (κ1) is 21.7. The lowest BCUT2D eigenvalue weighted by Gasteiger charge is -2.34. The quantitative estimate of drug-likeness (QED) is 0.607. The summed E-state index contributed by atoms with van der Waals surface area (Å²) in [6.07, 6.45) is -0.728. The first-order chi connectivity index (χ1) is 14.9. The molecule has 0 bridgehead atoms. The SMILES string of the molecule is O=S(=O)(c1ccc2ccccc2c1)N1CCN(CC(O)COc2ccc(F)cc2)CC1. The molecule has 164 valence electrons.